The van der Waals surface area contributed by atoms with Gasteiger partial charge in [-0.3, -0.25) is 0 Å². The first-order chi connectivity index (χ1) is 13.4. The van der Waals surface area contributed by atoms with Crippen molar-refractivity contribution in [3.63, 3.8) is 0 Å². The van der Waals surface area contributed by atoms with E-state index in [0.29, 0.717) is 18.0 Å². The predicted octanol–water partition coefficient (Wildman–Crippen LogP) is 3.92. The number of rotatable bonds is 6. The summed E-state index contributed by atoms with van der Waals surface area (Å²) in [5.74, 6) is 1.43. The molecule has 3 aromatic carbocycles. The second-order valence-electron chi connectivity index (χ2n) is 6.24. The molecule has 3 rings (SSSR count). The molecule has 0 unspecified atom stereocenters. The molecule has 28 heavy (non-hydrogen) atoms. The van der Waals surface area contributed by atoms with E-state index in [1.54, 1.807) is 0 Å². The van der Waals surface area contributed by atoms with Gasteiger partial charge < -0.3 is 10.1 Å². The average molecular weight is 393 g/mol. The lowest BCUT2D eigenvalue weighted by atomic mass is 10.1. The molecule has 142 valence electrons. The van der Waals surface area contributed by atoms with E-state index in [-0.39, 0.29) is 10.5 Å². The highest BCUT2D eigenvalue weighted by molar-refractivity contribution is 7.89. The van der Waals surface area contributed by atoms with Crippen LogP contribution in [0.5, 0.6) is 11.5 Å². The lowest BCUT2D eigenvalue weighted by molar-refractivity contribution is 0.476. The van der Waals surface area contributed by atoms with Crippen molar-refractivity contribution >= 4 is 15.7 Å². The number of benzene rings is 3. The fourth-order valence-corrected chi connectivity index (χ4v) is 3.23. The van der Waals surface area contributed by atoms with Gasteiger partial charge in [0, 0.05) is 12.1 Å². The van der Waals surface area contributed by atoms with Crippen molar-refractivity contribution < 1.29 is 13.2 Å². The van der Waals surface area contributed by atoms with Gasteiger partial charge in [0.2, 0.25) is 10.0 Å². The van der Waals surface area contributed by atoms with Crippen molar-refractivity contribution in [2.24, 2.45) is 5.14 Å². The molecule has 0 radical (unpaired) electrons. The van der Waals surface area contributed by atoms with Crippen molar-refractivity contribution in [1.29, 1.82) is 5.26 Å². The molecular weight excluding hydrogens is 374 g/mol. The molecule has 0 fully saturated rings. The molecule has 0 spiro atoms. The van der Waals surface area contributed by atoms with Crippen LogP contribution < -0.4 is 15.2 Å². The summed E-state index contributed by atoms with van der Waals surface area (Å²) in [6.07, 6.45) is 0. The molecule has 0 saturated carbocycles. The van der Waals surface area contributed by atoms with Crippen LogP contribution in [0.1, 0.15) is 16.7 Å². The normalized spacial score (nSPS) is 10.9. The van der Waals surface area contributed by atoms with Crippen LogP contribution in [0.25, 0.3) is 0 Å². The van der Waals surface area contributed by atoms with Crippen LogP contribution >= 0.6 is 0 Å². The van der Waals surface area contributed by atoms with Crippen molar-refractivity contribution in [3.05, 3.63) is 83.4 Å². The van der Waals surface area contributed by atoms with E-state index in [4.69, 9.17) is 9.88 Å². The van der Waals surface area contributed by atoms with Crippen LogP contribution in [-0.2, 0) is 16.6 Å². The molecule has 6 nitrogen and oxygen atoms in total. The highest BCUT2D eigenvalue weighted by Crippen LogP contribution is 2.27. The molecule has 0 amide bonds. The number of aryl methyl sites for hydroxylation is 1. The summed E-state index contributed by atoms with van der Waals surface area (Å²) >= 11 is 0. The minimum atomic E-state index is -3.86. The number of primary sulfonamides is 1. The number of ether oxygens (including phenoxy) is 1. The Labute approximate surface area is 164 Å². The summed E-state index contributed by atoms with van der Waals surface area (Å²) in [6, 6.07) is 21.5. The largest absolute Gasteiger partial charge is 0.457 e. The van der Waals surface area contributed by atoms with Gasteiger partial charge in [0.25, 0.3) is 0 Å². The van der Waals surface area contributed by atoms with Gasteiger partial charge in [-0.1, -0.05) is 30.3 Å². The van der Waals surface area contributed by atoms with Gasteiger partial charge in [-0.2, -0.15) is 5.26 Å². The average Bonchev–Trinajstić information content (AvgIpc) is 2.66. The first-order valence-corrected chi connectivity index (χ1v) is 10.0. The summed E-state index contributed by atoms with van der Waals surface area (Å²) in [5, 5.41) is 17.6. The van der Waals surface area contributed by atoms with Gasteiger partial charge in [-0.25, -0.2) is 13.6 Å². The van der Waals surface area contributed by atoms with E-state index < -0.39 is 10.0 Å². The smallest absolute Gasteiger partial charge is 0.238 e. The molecule has 0 aliphatic carbocycles. The first-order valence-electron chi connectivity index (χ1n) is 8.50. The fraction of sp³-hybridized carbons (Fsp3) is 0.0952. The van der Waals surface area contributed by atoms with Crippen molar-refractivity contribution in [1.82, 2.24) is 0 Å². The Morgan fingerprint density at radius 2 is 1.86 bits per heavy atom. The highest BCUT2D eigenvalue weighted by Gasteiger charge is 2.12. The monoisotopic (exact) mass is 393 g/mol. The summed E-state index contributed by atoms with van der Waals surface area (Å²) in [7, 11) is -3.86. The molecule has 0 aliphatic heterocycles. The number of nitriles is 1. The van der Waals surface area contributed by atoms with Crippen molar-refractivity contribution in [3.8, 4) is 17.6 Å². The summed E-state index contributed by atoms with van der Waals surface area (Å²) in [6.45, 7) is 2.39. The van der Waals surface area contributed by atoms with Crippen LogP contribution in [0.3, 0.4) is 0 Å². The van der Waals surface area contributed by atoms with Gasteiger partial charge in [-0.15, -0.1) is 0 Å². The van der Waals surface area contributed by atoms with Crippen LogP contribution in [0.15, 0.2) is 71.6 Å². The molecule has 0 heterocycles. The number of nitrogens with one attached hydrogen (secondary N) is 1. The van der Waals surface area contributed by atoms with E-state index in [0.717, 1.165) is 16.9 Å². The van der Waals surface area contributed by atoms with E-state index in [2.05, 4.69) is 5.32 Å². The third-order valence-corrected chi connectivity index (χ3v) is 5.01. The standard InChI is InChI=1S/C21H19N3O3S/c1-15-5-4-7-18(11-15)27-21-8-3-2-6-16(21)14-24-20-10-9-19(28(23,25)26)12-17(20)13-22/h2-12,24H,14H2,1H3,(H2,23,25,26). The fourth-order valence-electron chi connectivity index (χ4n) is 2.69. The lowest BCUT2D eigenvalue weighted by Crippen LogP contribution is -2.12. The van der Waals surface area contributed by atoms with Crippen molar-refractivity contribution in [2.45, 2.75) is 18.4 Å². The quantitative estimate of drug-likeness (QED) is 0.660. The Bertz CT molecular complexity index is 1150. The van der Waals surface area contributed by atoms with E-state index in [1.165, 1.54) is 18.2 Å². The predicted molar refractivity (Wildman–Crippen MR) is 108 cm³/mol. The maximum absolute atomic E-state index is 11.5. The Kier molecular flexibility index (Phi) is 5.64. The molecule has 0 aliphatic rings. The topological polar surface area (TPSA) is 105 Å². The van der Waals surface area contributed by atoms with E-state index in [1.807, 2.05) is 61.5 Å². The second kappa shape index (κ2) is 8.13. The van der Waals surface area contributed by atoms with Crippen LogP contribution in [0.2, 0.25) is 0 Å². The summed E-state index contributed by atoms with van der Waals surface area (Å²) in [5.41, 5.74) is 2.70. The molecule has 0 atom stereocenters. The Morgan fingerprint density at radius 3 is 2.57 bits per heavy atom. The number of nitrogens with zero attached hydrogens (tertiary/aromatic N) is 1. The van der Waals surface area contributed by atoms with Crippen LogP contribution in [0.4, 0.5) is 5.69 Å². The lowest BCUT2D eigenvalue weighted by Gasteiger charge is -2.14. The Hall–Kier alpha value is -3.34. The highest BCUT2D eigenvalue weighted by atomic mass is 32.2. The molecule has 7 heteroatoms. The first kappa shape index (κ1) is 19.4. The number of hydrogen-bond donors (Lipinski definition) is 2. The Balaban J connectivity index is 1.81. The van der Waals surface area contributed by atoms with Gasteiger partial charge in [-0.05, 0) is 48.9 Å². The minimum absolute atomic E-state index is 0.0993. The van der Waals surface area contributed by atoms with Gasteiger partial charge in [0.1, 0.15) is 17.6 Å². The molecule has 3 aromatic rings. The third-order valence-electron chi connectivity index (χ3n) is 4.10. The maximum atomic E-state index is 11.5. The summed E-state index contributed by atoms with van der Waals surface area (Å²) in [4.78, 5) is -0.0993. The second-order valence-corrected chi connectivity index (χ2v) is 7.81. The Morgan fingerprint density at radius 1 is 1.07 bits per heavy atom. The van der Waals surface area contributed by atoms with Gasteiger partial charge in [0.05, 0.1) is 16.1 Å². The number of sulfonamides is 1. The molecule has 0 aromatic heterocycles. The third kappa shape index (κ3) is 4.68. The maximum Gasteiger partial charge on any atom is 0.238 e. The number of anilines is 1. The van der Waals surface area contributed by atoms with Crippen LogP contribution in [-0.4, -0.2) is 8.42 Å². The molecule has 3 N–H and O–H groups in total. The van der Waals surface area contributed by atoms with Gasteiger partial charge in [0.15, 0.2) is 0 Å². The van der Waals surface area contributed by atoms with E-state index in [9.17, 15) is 13.7 Å². The summed E-state index contributed by atoms with van der Waals surface area (Å²) < 4.78 is 28.9. The van der Waals surface area contributed by atoms with Crippen molar-refractivity contribution in [2.75, 3.05) is 5.32 Å². The SMILES string of the molecule is Cc1cccc(Oc2ccccc2CNc2ccc(S(N)(=O)=O)cc2C#N)c1. The zero-order valence-corrected chi connectivity index (χ0v) is 16.0. The van der Waals surface area contributed by atoms with Crippen LogP contribution in [0, 0.1) is 18.3 Å². The molecule has 0 bridgehead atoms. The number of nitrogens with two attached hydrogens (primary N) is 1. The zero-order chi connectivity index (χ0) is 20.1. The minimum Gasteiger partial charge on any atom is -0.457 e. The number of hydrogen-bond acceptors (Lipinski definition) is 5. The zero-order valence-electron chi connectivity index (χ0n) is 15.2. The molecular formula is C21H19N3O3S. The van der Waals surface area contributed by atoms with Gasteiger partial charge >= 0.3 is 0 Å². The van der Waals surface area contributed by atoms with E-state index >= 15 is 0 Å². The molecule has 0 saturated heterocycles. The number of para-hydroxylation sites is 1.